The summed E-state index contributed by atoms with van der Waals surface area (Å²) in [7, 11) is 0. The minimum atomic E-state index is -0.964. The zero-order valence-electron chi connectivity index (χ0n) is 15.5. The average molecular weight is 355 g/mol. The lowest BCUT2D eigenvalue weighted by Gasteiger charge is -2.34. The van der Waals surface area contributed by atoms with Gasteiger partial charge < -0.3 is 14.8 Å². The Bertz CT molecular complexity index is 834. The molecule has 5 heteroatoms. The number of carbonyl (C=O) groups excluding carboxylic acids is 1. The second kappa shape index (κ2) is 6.98. The van der Waals surface area contributed by atoms with Gasteiger partial charge in [0, 0.05) is 18.4 Å². The van der Waals surface area contributed by atoms with Gasteiger partial charge in [-0.3, -0.25) is 4.79 Å². The van der Waals surface area contributed by atoms with Crippen LogP contribution in [0.1, 0.15) is 65.7 Å². The molecule has 0 aliphatic heterocycles. The van der Waals surface area contributed by atoms with Crippen molar-refractivity contribution in [1.82, 2.24) is 5.32 Å². The first-order valence-electron chi connectivity index (χ1n) is 8.95. The molecule has 0 fully saturated rings. The Morgan fingerprint density at radius 3 is 2.77 bits per heavy atom. The highest BCUT2D eigenvalue weighted by atomic mass is 16.4. The van der Waals surface area contributed by atoms with E-state index < -0.39 is 5.97 Å². The van der Waals surface area contributed by atoms with Gasteiger partial charge in [-0.1, -0.05) is 32.0 Å². The molecule has 0 saturated heterocycles. The van der Waals surface area contributed by atoms with Gasteiger partial charge in [0.1, 0.15) is 11.5 Å². The summed E-state index contributed by atoms with van der Waals surface area (Å²) in [5.74, 6) is 0.786. The van der Waals surface area contributed by atoms with E-state index in [0.717, 1.165) is 29.9 Å². The smallest absolute Gasteiger partial charge is 0.335 e. The third-order valence-corrected chi connectivity index (χ3v) is 4.94. The Morgan fingerprint density at radius 1 is 1.31 bits per heavy atom. The average Bonchev–Trinajstić information content (AvgIpc) is 2.92. The van der Waals surface area contributed by atoms with E-state index in [1.54, 1.807) is 24.3 Å². The number of fused-ring (bicyclic) bond motifs is 1. The highest BCUT2D eigenvalue weighted by molar-refractivity contribution is 5.89. The molecule has 0 bridgehead atoms. The molecule has 5 nitrogen and oxygen atoms in total. The Morgan fingerprint density at radius 2 is 2.04 bits per heavy atom. The fourth-order valence-electron chi connectivity index (χ4n) is 3.78. The summed E-state index contributed by atoms with van der Waals surface area (Å²) in [5.41, 5.74) is 2.07. The van der Waals surface area contributed by atoms with E-state index >= 15 is 0 Å². The molecule has 3 rings (SSSR count). The number of hydrogen-bond donors (Lipinski definition) is 2. The molecule has 1 atom stereocenters. The first-order chi connectivity index (χ1) is 12.2. The lowest BCUT2D eigenvalue weighted by atomic mass is 9.74. The Kier molecular flexibility index (Phi) is 4.90. The van der Waals surface area contributed by atoms with Gasteiger partial charge in [-0.15, -0.1) is 0 Å². The van der Waals surface area contributed by atoms with E-state index in [4.69, 9.17) is 4.42 Å². The zero-order chi connectivity index (χ0) is 18.9. The van der Waals surface area contributed by atoms with Crippen molar-refractivity contribution in [3.63, 3.8) is 0 Å². The first-order valence-corrected chi connectivity index (χ1v) is 8.95. The van der Waals surface area contributed by atoms with E-state index in [9.17, 15) is 14.7 Å². The van der Waals surface area contributed by atoms with Crippen molar-refractivity contribution >= 4 is 11.9 Å². The summed E-state index contributed by atoms with van der Waals surface area (Å²) in [6, 6.07) is 8.77. The summed E-state index contributed by atoms with van der Waals surface area (Å²) in [6.07, 6.45) is 2.39. The molecule has 2 N–H and O–H groups in total. The number of furan rings is 1. The van der Waals surface area contributed by atoms with E-state index in [0.29, 0.717) is 12.0 Å². The maximum absolute atomic E-state index is 12.5. The molecule has 138 valence electrons. The molecule has 1 aromatic carbocycles. The van der Waals surface area contributed by atoms with E-state index in [1.165, 1.54) is 0 Å². The quantitative estimate of drug-likeness (QED) is 0.848. The first kappa shape index (κ1) is 18.2. The number of carboxylic acid groups (broad SMARTS) is 1. The number of aromatic carboxylic acids is 1. The van der Waals surface area contributed by atoms with Crippen LogP contribution in [0.2, 0.25) is 0 Å². The van der Waals surface area contributed by atoms with Crippen LogP contribution in [0.15, 0.2) is 34.7 Å². The Balaban J connectivity index is 1.68. The molecule has 1 aromatic heterocycles. The zero-order valence-corrected chi connectivity index (χ0v) is 15.5. The van der Waals surface area contributed by atoms with Gasteiger partial charge in [0.15, 0.2) is 0 Å². The largest absolute Gasteiger partial charge is 0.478 e. The molecule has 0 radical (unpaired) electrons. The van der Waals surface area contributed by atoms with Gasteiger partial charge in [-0.25, -0.2) is 4.79 Å². The van der Waals surface area contributed by atoms with E-state index in [1.807, 2.05) is 13.0 Å². The lowest BCUT2D eigenvalue weighted by Crippen LogP contribution is -2.36. The molecule has 1 aliphatic rings. The van der Waals surface area contributed by atoms with Crippen LogP contribution in [0.5, 0.6) is 0 Å². The number of amides is 1. The standard InChI is InChI=1S/C21H25NO4/c1-13-10-16-17(11-21(2,3)12-18(16)26-13)22-19(23)9-8-14-6-4-5-7-15(14)20(24)25/h4-7,10,17H,8-9,11-12H2,1-3H3,(H,22,23)(H,24,25). The van der Waals surface area contributed by atoms with Gasteiger partial charge in [0.25, 0.3) is 0 Å². The van der Waals surface area contributed by atoms with Gasteiger partial charge in [0.05, 0.1) is 11.6 Å². The molecule has 1 aliphatic carbocycles. The lowest BCUT2D eigenvalue weighted by molar-refractivity contribution is -0.122. The van der Waals surface area contributed by atoms with Gasteiger partial charge in [-0.05, 0) is 42.9 Å². The second-order valence-electron chi connectivity index (χ2n) is 7.86. The van der Waals surface area contributed by atoms with Crippen LogP contribution in [0, 0.1) is 12.3 Å². The molecule has 1 heterocycles. The van der Waals surface area contributed by atoms with Crippen LogP contribution >= 0.6 is 0 Å². The van der Waals surface area contributed by atoms with Crippen molar-refractivity contribution in [2.75, 3.05) is 0 Å². The van der Waals surface area contributed by atoms with Crippen molar-refractivity contribution in [3.8, 4) is 0 Å². The highest BCUT2D eigenvalue weighted by Crippen LogP contribution is 2.42. The summed E-state index contributed by atoms with van der Waals surface area (Å²) < 4.78 is 5.81. The van der Waals surface area contributed by atoms with E-state index in [2.05, 4.69) is 19.2 Å². The van der Waals surface area contributed by atoms with Crippen LogP contribution in [-0.2, 0) is 17.6 Å². The monoisotopic (exact) mass is 355 g/mol. The minimum absolute atomic E-state index is 0.0607. The fraction of sp³-hybridized carbons (Fsp3) is 0.429. The number of nitrogens with one attached hydrogen (secondary N) is 1. The van der Waals surface area contributed by atoms with Crippen LogP contribution in [-0.4, -0.2) is 17.0 Å². The van der Waals surface area contributed by atoms with Crippen LogP contribution in [0.25, 0.3) is 0 Å². The number of rotatable bonds is 5. The SMILES string of the molecule is Cc1cc2c(o1)CC(C)(C)CC2NC(=O)CCc1ccccc1C(=O)O. The summed E-state index contributed by atoms with van der Waals surface area (Å²) >= 11 is 0. The van der Waals surface area contributed by atoms with Crippen molar-refractivity contribution in [2.45, 2.75) is 52.5 Å². The molecule has 0 saturated carbocycles. The van der Waals surface area contributed by atoms with Crippen molar-refractivity contribution in [3.05, 3.63) is 58.5 Å². The number of benzene rings is 1. The summed E-state index contributed by atoms with van der Waals surface area (Å²) in [5, 5.41) is 12.4. The van der Waals surface area contributed by atoms with Crippen LogP contribution in [0.4, 0.5) is 0 Å². The molecule has 2 aromatic rings. The number of aryl methyl sites for hydroxylation is 2. The normalized spacial score (nSPS) is 18.2. The molecule has 1 amide bonds. The fourth-order valence-corrected chi connectivity index (χ4v) is 3.78. The maximum atomic E-state index is 12.5. The predicted octanol–water partition coefficient (Wildman–Crippen LogP) is 4.05. The molecule has 26 heavy (non-hydrogen) atoms. The highest BCUT2D eigenvalue weighted by Gasteiger charge is 2.35. The summed E-state index contributed by atoms with van der Waals surface area (Å²) in [4.78, 5) is 23.8. The van der Waals surface area contributed by atoms with Gasteiger partial charge in [0.2, 0.25) is 5.91 Å². The number of carbonyl (C=O) groups is 2. The topological polar surface area (TPSA) is 79.5 Å². The third-order valence-electron chi connectivity index (χ3n) is 4.94. The van der Waals surface area contributed by atoms with Crippen molar-refractivity contribution in [2.24, 2.45) is 5.41 Å². The Labute approximate surface area is 153 Å². The van der Waals surface area contributed by atoms with Crippen molar-refractivity contribution in [1.29, 1.82) is 0 Å². The van der Waals surface area contributed by atoms with Crippen molar-refractivity contribution < 1.29 is 19.1 Å². The van der Waals surface area contributed by atoms with Crippen LogP contribution < -0.4 is 5.32 Å². The minimum Gasteiger partial charge on any atom is -0.478 e. The third kappa shape index (κ3) is 3.98. The summed E-state index contributed by atoms with van der Waals surface area (Å²) in [6.45, 7) is 6.28. The maximum Gasteiger partial charge on any atom is 0.335 e. The van der Waals surface area contributed by atoms with E-state index in [-0.39, 0.29) is 29.3 Å². The molecule has 1 unspecified atom stereocenters. The number of hydrogen-bond acceptors (Lipinski definition) is 3. The molecular formula is C21H25NO4. The predicted molar refractivity (Wildman–Crippen MR) is 98.2 cm³/mol. The molecule has 0 spiro atoms. The second-order valence-corrected chi connectivity index (χ2v) is 7.86. The molecular weight excluding hydrogens is 330 g/mol. The van der Waals surface area contributed by atoms with Gasteiger partial charge >= 0.3 is 5.97 Å². The number of carboxylic acids is 1. The van der Waals surface area contributed by atoms with Gasteiger partial charge in [-0.2, -0.15) is 0 Å². The van der Waals surface area contributed by atoms with Crippen LogP contribution in [0.3, 0.4) is 0 Å². The Hall–Kier alpha value is -2.56.